The molecule has 7 heteroatoms. The lowest BCUT2D eigenvalue weighted by Gasteiger charge is -2.27. The van der Waals surface area contributed by atoms with Crippen LogP contribution in [0.5, 0.6) is 0 Å². The Balaban J connectivity index is 1.84. The monoisotopic (exact) mass is 345 g/mol. The smallest absolute Gasteiger partial charge is 0.319 e. The fraction of sp³-hybridized carbons (Fsp3) is 0.500. The van der Waals surface area contributed by atoms with Crippen LogP contribution in [0.25, 0.3) is 0 Å². The number of rotatable bonds is 3. The first-order valence-corrected chi connectivity index (χ1v) is 8.69. The Morgan fingerprint density at radius 1 is 1.12 bits per heavy atom. The van der Waals surface area contributed by atoms with Gasteiger partial charge in [-0.25, -0.2) is 4.79 Å². The maximum Gasteiger partial charge on any atom is 0.319 e. The molecule has 0 atom stereocenters. The highest BCUT2D eigenvalue weighted by Crippen LogP contribution is 2.37. The van der Waals surface area contributed by atoms with Crippen LogP contribution < -0.4 is 16.0 Å². The maximum absolute atomic E-state index is 12.8. The van der Waals surface area contributed by atoms with Crippen molar-refractivity contribution in [1.82, 2.24) is 0 Å². The number of carboxylic acid groups (broad SMARTS) is 1. The third-order valence-corrected chi connectivity index (χ3v) is 5.31. The van der Waals surface area contributed by atoms with Crippen molar-refractivity contribution < 1.29 is 19.5 Å². The van der Waals surface area contributed by atoms with Crippen LogP contribution in [0.4, 0.5) is 16.2 Å². The zero-order chi connectivity index (χ0) is 18.0. The quantitative estimate of drug-likeness (QED) is 0.577. The van der Waals surface area contributed by atoms with E-state index in [1.807, 2.05) is 6.07 Å². The summed E-state index contributed by atoms with van der Waals surface area (Å²) in [5, 5.41) is 12.5. The van der Waals surface area contributed by atoms with Gasteiger partial charge < -0.3 is 16.2 Å². The molecule has 1 fully saturated rings. The number of carbonyl (C=O) groups excluding carboxylic acids is 2. The van der Waals surface area contributed by atoms with E-state index in [2.05, 4.69) is 5.32 Å². The SMILES string of the molecule is NC(=O)N1CCc2ccc(NC(=O)C3(C(=O)O)CCCCCC3)cc21. The number of benzene rings is 1. The summed E-state index contributed by atoms with van der Waals surface area (Å²) in [6, 6.07) is 4.74. The number of nitrogens with zero attached hydrogens (tertiary/aromatic N) is 1. The van der Waals surface area contributed by atoms with Gasteiger partial charge in [-0.3, -0.25) is 14.5 Å². The molecular weight excluding hydrogens is 322 g/mol. The Morgan fingerprint density at radius 2 is 1.80 bits per heavy atom. The topological polar surface area (TPSA) is 113 Å². The van der Waals surface area contributed by atoms with Crippen molar-refractivity contribution in [3.05, 3.63) is 23.8 Å². The number of nitrogens with two attached hydrogens (primary N) is 1. The molecule has 1 aliphatic carbocycles. The number of hydrogen-bond donors (Lipinski definition) is 3. The molecule has 134 valence electrons. The Bertz CT molecular complexity index is 708. The number of fused-ring (bicyclic) bond motifs is 1. The van der Waals surface area contributed by atoms with Crippen LogP contribution in [0.15, 0.2) is 18.2 Å². The molecule has 0 spiro atoms. The highest BCUT2D eigenvalue weighted by atomic mass is 16.4. The lowest BCUT2D eigenvalue weighted by Crippen LogP contribution is -2.42. The average Bonchev–Trinajstić information content (AvgIpc) is 2.82. The largest absolute Gasteiger partial charge is 0.480 e. The van der Waals surface area contributed by atoms with E-state index < -0.39 is 23.3 Å². The van der Waals surface area contributed by atoms with E-state index in [1.165, 1.54) is 4.90 Å². The second-order valence-electron chi connectivity index (χ2n) is 6.84. The number of aliphatic carboxylic acids is 1. The molecular formula is C18H23N3O4. The van der Waals surface area contributed by atoms with Crippen LogP contribution in [-0.4, -0.2) is 29.6 Å². The molecule has 4 N–H and O–H groups in total. The van der Waals surface area contributed by atoms with Crippen LogP contribution in [0.2, 0.25) is 0 Å². The summed E-state index contributed by atoms with van der Waals surface area (Å²) in [5.41, 5.74) is 6.15. The maximum atomic E-state index is 12.8. The fourth-order valence-corrected chi connectivity index (χ4v) is 3.81. The van der Waals surface area contributed by atoms with E-state index in [4.69, 9.17) is 5.73 Å². The van der Waals surface area contributed by atoms with Crippen molar-refractivity contribution in [2.24, 2.45) is 11.1 Å². The molecule has 0 radical (unpaired) electrons. The molecule has 0 unspecified atom stereocenters. The molecule has 0 bridgehead atoms. The molecule has 25 heavy (non-hydrogen) atoms. The van der Waals surface area contributed by atoms with Gasteiger partial charge in [-0.1, -0.05) is 31.7 Å². The lowest BCUT2D eigenvalue weighted by molar-refractivity contribution is -0.155. The molecule has 1 heterocycles. The van der Waals surface area contributed by atoms with Crippen molar-refractivity contribution >= 4 is 29.3 Å². The zero-order valence-electron chi connectivity index (χ0n) is 14.1. The third-order valence-electron chi connectivity index (χ3n) is 5.31. The van der Waals surface area contributed by atoms with Crippen LogP contribution in [0.1, 0.15) is 44.1 Å². The first-order valence-electron chi connectivity index (χ1n) is 8.69. The molecule has 2 aliphatic rings. The molecule has 3 amide bonds. The van der Waals surface area contributed by atoms with Crippen LogP contribution in [0, 0.1) is 5.41 Å². The van der Waals surface area contributed by atoms with E-state index in [0.717, 1.165) is 31.2 Å². The molecule has 1 aromatic carbocycles. The fourth-order valence-electron chi connectivity index (χ4n) is 3.81. The average molecular weight is 345 g/mol. The number of anilines is 2. The number of carbonyl (C=O) groups is 3. The van der Waals surface area contributed by atoms with Gasteiger partial charge in [0.15, 0.2) is 0 Å². The zero-order valence-corrected chi connectivity index (χ0v) is 14.1. The van der Waals surface area contributed by atoms with Gasteiger partial charge in [-0.15, -0.1) is 0 Å². The number of amides is 3. The van der Waals surface area contributed by atoms with Crippen molar-refractivity contribution in [2.45, 2.75) is 44.9 Å². The lowest BCUT2D eigenvalue weighted by atomic mass is 9.79. The molecule has 0 saturated heterocycles. The summed E-state index contributed by atoms with van der Waals surface area (Å²) >= 11 is 0. The molecule has 0 aromatic heterocycles. The van der Waals surface area contributed by atoms with Gasteiger partial charge in [0, 0.05) is 12.2 Å². The minimum absolute atomic E-state index is 0.354. The molecule has 1 aliphatic heterocycles. The summed E-state index contributed by atoms with van der Waals surface area (Å²) in [4.78, 5) is 37.6. The molecule has 7 nitrogen and oxygen atoms in total. The number of carboxylic acids is 1. The van der Waals surface area contributed by atoms with Crippen molar-refractivity contribution in [3.63, 3.8) is 0 Å². The van der Waals surface area contributed by atoms with E-state index in [-0.39, 0.29) is 0 Å². The Kier molecular flexibility index (Phi) is 4.65. The Hall–Kier alpha value is -2.57. The number of urea groups is 1. The van der Waals surface area contributed by atoms with E-state index in [1.54, 1.807) is 12.1 Å². The highest BCUT2D eigenvalue weighted by Gasteiger charge is 2.46. The molecule has 1 aromatic rings. The number of primary amides is 1. The summed E-state index contributed by atoms with van der Waals surface area (Å²) in [6.07, 6.45) is 4.80. The van der Waals surface area contributed by atoms with E-state index in [9.17, 15) is 19.5 Å². The second-order valence-corrected chi connectivity index (χ2v) is 6.84. The van der Waals surface area contributed by atoms with E-state index >= 15 is 0 Å². The van der Waals surface area contributed by atoms with Crippen LogP contribution >= 0.6 is 0 Å². The van der Waals surface area contributed by atoms with Gasteiger partial charge in [0.1, 0.15) is 5.41 Å². The third kappa shape index (κ3) is 3.18. The molecule has 3 rings (SSSR count). The van der Waals surface area contributed by atoms with Gasteiger partial charge in [0.2, 0.25) is 5.91 Å². The number of nitrogens with one attached hydrogen (secondary N) is 1. The highest BCUT2D eigenvalue weighted by molar-refractivity contribution is 6.08. The summed E-state index contributed by atoms with van der Waals surface area (Å²) in [7, 11) is 0. The predicted molar refractivity (Wildman–Crippen MR) is 93.5 cm³/mol. The Morgan fingerprint density at radius 3 is 2.40 bits per heavy atom. The van der Waals surface area contributed by atoms with Crippen molar-refractivity contribution in [1.29, 1.82) is 0 Å². The van der Waals surface area contributed by atoms with Gasteiger partial charge in [0.25, 0.3) is 0 Å². The molecule has 1 saturated carbocycles. The van der Waals surface area contributed by atoms with Gasteiger partial charge in [0.05, 0.1) is 5.69 Å². The summed E-state index contributed by atoms with van der Waals surface area (Å²) < 4.78 is 0. The normalized spacial score (nSPS) is 19.0. The van der Waals surface area contributed by atoms with Crippen molar-refractivity contribution in [3.8, 4) is 0 Å². The number of hydrogen-bond acceptors (Lipinski definition) is 3. The van der Waals surface area contributed by atoms with Gasteiger partial charge in [-0.2, -0.15) is 0 Å². The minimum Gasteiger partial charge on any atom is -0.480 e. The van der Waals surface area contributed by atoms with E-state index in [0.29, 0.717) is 37.2 Å². The van der Waals surface area contributed by atoms with Crippen LogP contribution in [0.3, 0.4) is 0 Å². The first kappa shape index (κ1) is 17.3. The summed E-state index contributed by atoms with van der Waals surface area (Å²) in [5.74, 6) is -1.54. The second kappa shape index (κ2) is 6.74. The Labute approximate surface area is 146 Å². The van der Waals surface area contributed by atoms with Crippen molar-refractivity contribution in [2.75, 3.05) is 16.8 Å². The predicted octanol–water partition coefficient (Wildman–Crippen LogP) is 2.49. The summed E-state index contributed by atoms with van der Waals surface area (Å²) in [6.45, 7) is 0.515. The standard InChI is InChI=1S/C18H23N3O4/c19-17(25)21-10-7-12-5-6-13(11-14(12)21)20-15(22)18(16(23)24)8-3-1-2-4-9-18/h5-6,11H,1-4,7-10H2,(H2,19,25)(H,20,22)(H,23,24). The minimum atomic E-state index is -1.38. The van der Waals surface area contributed by atoms with Crippen LogP contribution in [-0.2, 0) is 16.0 Å². The van der Waals surface area contributed by atoms with Gasteiger partial charge in [-0.05, 0) is 37.0 Å². The van der Waals surface area contributed by atoms with Gasteiger partial charge >= 0.3 is 12.0 Å². The first-order chi connectivity index (χ1) is 11.9.